The van der Waals surface area contributed by atoms with E-state index in [4.69, 9.17) is 0 Å². The molecule has 0 radical (unpaired) electrons. The lowest BCUT2D eigenvalue weighted by Gasteiger charge is -2.42. The Morgan fingerprint density at radius 1 is 1.29 bits per heavy atom. The molecular formula is C17H25N3S. The summed E-state index contributed by atoms with van der Waals surface area (Å²) in [4.78, 5) is 4.95. The second kappa shape index (κ2) is 6.44. The van der Waals surface area contributed by atoms with Crippen LogP contribution in [0.25, 0.3) is 10.1 Å². The molecule has 1 saturated heterocycles. The Hall–Kier alpha value is -0.940. The van der Waals surface area contributed by atoms with Crippen molar-refractivity contribution in [2.45, 2.75) is 18.5 Å². The van der Waals surface area contributed by atoms with Gasteiger partial charge < -0.3 is 10.2 Å². The summed E-state index contributed by atoms with van der Waals surface area (Å²) in [7, 11) is 6.59. The molecule has 0 amide bonds. The van der Waals surface area contributed by atoms with Crippen molar-refractivity contribution in [3.63, 3.8) is 0 Å². The Morgan fingerprint density at radius 3 is 2.90 bits per heavy atom. The highest BCUT2D eigenvalue weighted by molar-refractivity contribution is 7.17. The van der Waals surface area contributed by atoms with Crippen LogP contribution in [-0.4, -0.2) is 62.7 Å². The van der Waals surface area contributed by atoms with Crippen LogP contribution in [0.1, 0.15) is 5.56 Å². The van der Waals surface area contributed by atoms with Crippen molar-refractivity contribution in [3.8, 4) is 0 Å². The monoisotopic (exact) mass is 303 g/mol. The maximum absolute atomic E-state index is 3.56. The standard InChI is InChI=1S/C17H25N3S/c1-18-15(16-11-19(2)8-9-20(16)3)10-13-12-21-17-7-5-4-6-14(13)17/h4-7,12,15-16,18H,8-11H2,1-3H3. The zero-order chi connectivity index (χ0) is 14.8. The predicted octanol–water partition coefficient (Wildman–Crippen LogP) is 2.28. The van der Waals surface area contributed by atoms with E-state index in [1.807, 2.05) is 11.3 Å². The summed E-state index contributed by atoms with van der Waals surface area (Å²) in [6.07, 6.45) is 1.10. The van der Waals surface area contributed by atoms with E-state index in [0.29, 0.717) is 12.1 Å². The first-order valence-electron chi connectivity index (χ1n) is 7.70. The van der Waals surface area contributed by atoms with Gasteiger partial charge in [-0.2, -0.15) is 0 Å². The number of piperazine rings is 1. The van der Waals surface area contributed by atoms with Gasteiger partial charge in [-0.3, -0.25) is 4.90 Å². The van der Waals surface area contributed by atoms with Gasteiger partial charge in [-0.05, 0) is 50.0 Å². The minimum absolute atomic E-state index is 0.496. The number of fused-ring (bicyclic) bond motifs is 1. The number of rotatable bonds is 4. The number of hydrogen-bond donors (Lipinski definition) is 1. The van der Waals surface area contributed by atoms with Crippen LogP contribution in [-0.2, 0) is 6.42 Å². The third kappa shape index (κ3) is 3.14. The third-order valence-corrected chi connectivity index (χ3v) is 5.75. The summed E-state index contributed by atoms with van der Waals surface area (Å²) in [6.45, 7) is 3.47. The molecular weight excluding hydrogens is 278 g/mol. The highest BCUT2D eigenvalue weighted by Crippen LogP contribution is 2.27. The highest BCUT2D eigenvalue weighted by atomic mass is 32.1. The minimum Gasteiger partial charge on any atom is -0.315 e. The largest absolute Gasteiger partial charge is 0.315 e. The van der Waals surface area contributed by atoms with Gasteiger partial charge in [0.15, 0.2) is 0 Å². The summed E-state index contributed by atoms with van der Waals surface area (Å²) in [6, 6.07) is 9.82. The van der Waals surface area contributed by atoms with Gasteiger partial charge in [0.2, 0.25) is 0 Å². The van der Waals surface area contributed by atoms with Gasteiger partial charge >= 0.3 is 0 Å². The molecule has 4 heteroatoms. The Labute approximate surface area is 131 Å². The molecule has 3 rings (SSSR count). The fourth-order valence-corrected chi connectivity index (χ4v) is 4.31. The number of hydrogen-bond acceptors (Lipinski definition) is 4. The molecule has 0 aliphatic carbocycles. The second-order valence-corrected chi connectivity index (χ2v) is 7.08. The van der Waals surface area contributed by atoms with Gasteiger partial charge in [-0.1, -0.05) is 18.2 Å². The predicted molar refractivity (Wildman–Crippen MR) is 92.3 cm³/mol. The van der Waals surface area contributed by atoms with Crippen molar-refractivity contribution in [1.29, 1.82) is 0 Å². The van der Waals surface area contributed by atoms with Gasteiger partial charge in [0.25, 0.3) is 0 Å². The fraction of sp³-hybridized carbons (Fsp3) is 0.529. The van der Waals surface area contributed by atoms with Gasteiger partial charge in [-0.15, -0.1) is 11.3 Å². The first-order chi connectivity index (χ1) is 10.2. The molecule has 1 fully saturated rings. The minimum atomic E-state index is 0.496. The molecule has 21 heavy (non-hydrogen) atoms. The van der Waals surface area contributed by atoms with Gasteiger partial charge in [0.1, 0.15) is 0 Å². The zero-order valence-corrected chi connectivity index (χ0v) is 14.0. The Bertz CT molecular complexity index is 594. The topological polar surface area (TPSA) is 18.5 Å². The normalized spacial score (nSPS) is 22.7. The Morgan fingerprint density at radius 2 is 2.10 bits per heavy atom. The van der Waals surface area contributed by atoms with Crippen LogP contribution < -0.4 is 5.32 Å². The summed E-state index contributed by atoms with van der Waals surface area (Å²) < 4.78 is 1.40. The molecule has 2 aromatic rings. The van der Waals surface area contributed by atoms with Gasteiger partial charge in [-0.25, -0.2) is 0 Å². The van der Waals surface area contributed by atoms with Crippen molar-refractivity contribution >= 4 is 21.4 Å². The molecule has 1 aromatic heterocycles. The first kappa shape index (κ1) is 15.0. The lowest BCUT2D eigenvalue weighted by Crippen LogP contribution is -2.58. The second-order valence-electron chi connectivity index (χ2n) is 6.17. The van der Waals surface area contributed by atoms with Crippen LogP contribution >= 0.6 is 11.3 Å². The van der Waals surface area contributed by atoms with Crippen LogP contribution in [0.15, 0.2) is 29.6 Å². The molecule has 0 saturated carbocycles. The quantitative estimate of drug-likeness (QED) is 0.935. The number of benzene rings is 1. The van der Waals surface area contributed by atoms with Crippen molar-refractivity contribution in [2.24, 2.45) is 0 Å². The van der Waals surface area contributed by atoms with E-state index < -0.39 is 0 Å². The van der Waals surface area contributed by atoms with E-state index in [0.717, 1.165) is 19.5 Å². The van der Waals surface area contributed by atoms with Crippen molar-refractivity contribution in [1.82, 2.24) is 15.1 Å². The third-order valence-electron chi connectivity index (χ3n) is 4.74. The zero-order valence-electron chi connectivity index (χ0n) is 13.2. The summed E-state index contributed by atoms with van der Waals surface area (Å²) >= 11 is 1.86. The number of likely N-dealkylation sites (N-methyl/N-ethyl adjacent to an activating group) is 3. The molecule has 1 aliphatic rings. The molecule has 1 aliphatic heterocycles. The van der Waals surface area contributed by atoms with Gasteiger partial charge in [0.05, 0.1) is 0 Å². The molecule has 2 unspecified atom stereocenters. The molecule has 1 N–H and O–H groups in total. The Balaban J connectivity index is 1.80. The summed E-state index contributed by atoms with van der Waals surface area (Å²) in [5.41, 5.74) is 1.48. The SMILES string of the molecule is CNC(Cc1csc2ccccc12)C1CN(C)CCN1C. The van der Waals surface area contributed by atoms with E-state index in [1.165, 1.54) is 22.2 Å². The molecule has 0 spiro atoms. The molecule has 1 aromatic carbocycles. The molecule has 0 bridgehead atoms. The fourth-order valence-electron chi connectivity index (χ4n) is 3.34. The average molecular weight is 303 g/mol. The van der Waals surface area contributed by atoms with E-state index in [2.05, 4.69) is 65.9 Å². The average Bonchev–Trinajstić information content (AvgIpc) is 2.91. The van der Waals surface area contributed by atoms with Gasteiger partial charge in [0, 0.05) is 36.4 Å². The van der Waals surface area contributed by atoms with E-state index >= 15 is 0 Å². The van der Waals surface area contributed by atoms with Crippen LogP contribution in [0.4, 0.5) is 0 Å². The maximum atomic E-state index is 3.56. The maximum Gasteiger partial charge on any atom is 0.0377 e. The van der Waals surface area contributed by atoms with Crippen molar-refractivity contribution < 1.29 is 0 Å². The smallest absolute Gasteiger partial charge is 0.0377 e. The first-order valence-corrected chi connectivity index (χ1v) is 8.58. The van der Waals surface area contributed by atoms with E-state index in [-0.39, 0.29) is 0 Å². The van der Waals surface area contributed by atoms with E-state index in [1.54, 1.807) is 0 Å². The molecule has 2 heterocycles. The van der Waals surface area contributed by atoms with Crippen LogP contribution in [0.2, 0.25) is 0 Å². The number of nitrogens with zero attached hydrogens (tertiary/aromatic N) is 2. The Kier molecular flexibility index (Phi) is 4.60. The lowest BCUT2D eigenvalue weighted by atomic mass is 9.96. The lowest BCUT2D eigenvalue weighted by molar-refractivity contribution is 0.0898. The number of nitrogens with one attached hydrogen (secondary N) is 1. The molecule has 2 atom stereocenters. The highest BCUT2D eigenvalue weighted by Gasteiger charge is 2.29. The van der Waals surface area contributed by atoms with Crippen LogP contribution in [0.5, 0.6) is 0 Å². The summed E-state index contributed by atoms with van der Waals surface area (Å²) in [5.74, 6) is 0. The van der Waals surface area contributed by atoms with Crippen molar-refractivity contribution in [3.05, 3.63) is 35.2 Å². The molecule has 114 valence electrons. The van der Waals surface area contributed by atoms with Crippen LogP contribution in [0.3, 0.4) is 0 Å². The van der Waals surface area contributed by atoms with Crippen molar-refractivity contribution in [2.75, 3.05) is 40.8 Å². The number of thiophene rings is 1. The van der Waals surface area contributed by atoms with Crippen LogP contribution in [0, 0.1) is 0 Å². The summed E-state index contributed by atoms with van der Waals surface area (Å²) in [5, 5.41) is 7.32. The van der Waals surface area contributed by atoms with E-state index in [9.17, 15) is 0 Å². The molecule has 3 nitrogen and oxygen atoms in total.